The van der Waals surface area contributed by atoms with E-state index in [1.807, 2.05) is 12.5 Å². The number of imidazole rings is 1. The van der Waals surface area contributed by atoms with Gasteiger partial charge in [0.25, 0.3) is 0 Å². The van der Waals surface area contributed by atoms with Gasteiger partial charge in [-0.05, 0) is 33.1 Å². The molecule has 0 amide bonds. The molecular formula is C14H23N3O2. The topological polar surface area (TPSA) is 70.1 Å². The molecule has 2 N–H and O–H groups in total. The number of rotatable bonds is 8. The zero-order valence-corrected chi connectivity index (χ0v) is 11.8. The molecule has 1 heterocycles. The van der Waals surface area contributed by atoms with E-state index >= 15 is 0 Å². The Kier molecular flexibility index (Phi) is 6.71. The van der Waals surface area contributed by atoms with Crippen molar-refractivity contribution < 1.29 is 9.53 Å². The van der Waals surface area contributed by atoms with Gasteiger partial charge in [0.05, 0.1) is 18.5 Å². The number of nitrogens with two attached hydrogens (primary N) is 1. The summed E-state index contributed by atoms with van der Waals surface area (Å²) in [5, 5.41) is 0. The molecule has 106 valence electrons. The summed E-state index contributed by atoms with van der Waals surface area (Å²) in [4.78, 5) is 15.4. The summed E-state index contributed by atoms with van der Waals surface area (Å²) < 4.78 is 7.19. The Balaban J connectivity index is 2.00. The largest absolute Gasteiger partial charge is 0.462 e. The number of esters is 1. The Morgan fingerprint density at radius 3 is 2.63 bits per heavy atom. The molecule has 0 bridgehead atoms. The summed E-state index contributed by atoms with van der Waals surface area (Å²) in [5.74, 6) is -0.307. The molecule has 0 spiro atoms. The van der Waals surface area contributed by atoms with Crippen molar-refractivity contribution in [3.63, 3.8) is 0 Å². The third-order valence-corrected chi connectivity index (χ3v) is 3.00. The van der Waals surface area contributed by atoms with Gasteiger partial charge in [0.1, 0.15) is 0 Å². The number of ether oxygens (including phenoxy) is 1. The van der Waals surface area contributed by atoms with Crippen LogP contribution in [0, 0.1) is 0 Å². The molecule has 1 rings (SSSR count). The van der Waals surface area contributed by atoms with Crippen LogP contribution >= 0.6 is 0 Å². The number of hydrogen-bond donors (Lipinski definition) is 1. The molecule has 0 aliphatic rings. The van der Waals surface area contributed by atoms with Gasteiger partial charge in [0, 0.05) is 24.6 Å². The fourth-order valence-corrected chi connectivity index (χ4v) is 1.60. The summed E-state index contributed by atoms with van der Waals surface area (Å²) in [6.45, 7) is 4.85. The lowest BCUT2D eigenvalue weighted by molar-refractivity contribution is -0.139. The van der Waals surface area contributed by atoms with Crippen LogP contribution in [0.5, 0.6) is 0 Å². The minimum Gasteiger partial charge on any atom is -0.462 e. The molecule has 1 aromatic rings. The average molecular weight is 265 g/mol. The number of hydrogen-bond acceptors (Lipinski definition) is 4. The molecule has 0 fully saturated rings. The fraction of sp³-hybridized carbons (Fsp3) is 0.571. The van der Waals surface area contributed by atoms with Gasteiger partial charge in [-0.3, -0.25) is 0 Å². The summed E-state index contributed by atoms with van der Waals surface area (Å²) >= 11 is 0. The van der Waals surface area contributed by atoms with Crippen molar-refractivity contribution in [3.8, 4) is 0 Å². The Hall–Kier alpha value is -1.78. The summed E-state index contributed by atoms with van der Waals surface area (Å²) in [6.07, 6.45) is 9.78. The lowest BCUT2D eigenvalue weighted by atomic mass is 10.2. The second-order valence-electron chi connectivity index (χ2n) is 4.66. The number of aryl methyl sites for hydroxylation is 1. The number of allylic oxidation sites excluding steroid dienone is 1. The lowest BCUT2D eigenvalue weighted by Crippen LogP contribution is -2.11. The molecule has 19 heavy (non-hydrogen) atoms. The van der Waals surface area contributed by atoms with Crippen molar-refractivity contribution in [2.24, 2.45) is 5.73 Å². The van der Waals surface area contributed by atoms with E-state index in [9.17, 15) is 4.79 Å². The number of carbonyl (C=O) groups excluding carboxylic acids is 1. The normalized spacial score (nSPS) is 12.1. The van der Waals surface area contributed by atoms with Crippen LogP contribution in [0.1, 0.15) is 39.5 Å². The highest BCUT2D eigenvalue weighted by atomic mass is 16.5. The molecule has 0 aliphatic heterocycles. The van der Waals surface area contributed by atoms with E-state index < -0.39 is 0 Å². The number of aromatic nitrogens is 2. The molecule has 0 aliphatic carbocycles. The molecule has 0 saturated carbocycles. The second kappa shape index (κ2) is 8.34. The Morgan fingerprint density at radius 1 is 1.26 bits per heavy atom. The maximum absolute atomic E-state index is 11.5. The fourth-order valence-electron chi connectivity index (χ4n) is 1.60. The lowest BCUT2D eigenvalue weighted by Gasteiger charge is -2.06. The Bertz CT molecular complexity index is 406. The molecule has 0 saturated heterocycles. The average Bonchev–Trinajstić information content (AvgIpc) is 2.89. The highest BCUT2D eigenvalue weighted by Gasteiger charge is 2.06. The zero-order valence-electron chi connectivity index (χ0n) is 11.8. The van der Waals surface area contributed by atoms with Crippen molar-refractivity contribution in [1.29, 1.82) is 0 Å². The van der Waals surface area contributed by atoms with E-state index in [0.29, 0.717) is 17.9 Å². The summed E-state index contributed by atoms with van der Waals surface area (Å²) in [6, 6.07) is 0. The molecule has 1 aromatic heterocycles. The van der Waals surface area contributed by atoms with Crippen LogP contribution in [0.2, 0.25) is 0 Å². The van der Waals surface area contributed by atoms with Crippen LogP contribution in [0.4, 0.5) is 0 Å². The molecule has 0 unspecified atom stereocenters. The van der Waals surface area contributed by atoms with Crippen molar-refractivity contribution in [1.82, 2.24) is 9.55 Å². The first-order valence-electron chi connectivity index (χ1n) is 6.67. The predicted octanol–water partition coefficient (Wildman–Crippen LogP) is 2.24. The van der Waals surface area contributed by atoms with Gasteiger partial charge < -0.3 is 15.0 Å². The van der Waals surface area contributed by atoms with Gasteiger partial charge in [-0.25, -0.2) is 9.78 Å². The highest BCUT2D eigenvalue weighted by molar-refractivity contribution is 5.88. The Labute approximate surface area is 114 Å². The first-order valence-corrected chi connectivity index (χ1v) is 6.67. The zero-order chi connectivity index (χ0) is 14.1. The standard InChI is InChI=1S/C14H23N3O2/c1-12(13(2)15)14(18)19-10-6-4-3-5-8-17-9-7-16-11-17/h7,9,11H,3-6,8,10,15H2,1-2H3/b13-12-. The SMILES string of the molecule is C/C(N)=C(\C)C(=O)OCCCCCCn1ccnc1. The van der Waals surface area contributed by atoms with Crippen molar-refractivity contribution in [3.05, 3.63) is 30.0 Å². The molecule has 5 heteroatoms. The van der Waals surface area contributed by atoms with Gasteiger partial charge in [-0.2, -0.15) is 0 Å². The van der Waals surface area contributed by atoms with Crippen LogP contribution in [-0.4, -0.2) is 22.1 Å². The Morgan fingerprint density at radius 2 is 2.00 bits per heavy atom. The van der Waals surface area contributed by atoms with Crippen molar-refractivity contribution in [2.75, 3.05) is 6.61 Å². The van der Waals surface area contributed by atoms with E-state index in [0.717, 1.165) is 32.2 Å². The van der Waals surface area contributed by atoms with Crippen LogP contribution in [0.25, 0.3) is 0 Å². The maximum Gasteiger partial charge on any atom is 0.335 e. The number of nitrogens with zero attached hydrogens (tertiary/aromatic N) is 2. The van der Waals surface area contributed by atoms with E-state index in [1.165, 1.54) is 0 Å². The minimum atomic E-state index is -0.307. The van der Waals surface area contributed by atoms with Crippen molar-refractivity contribution in [2.45, 2.75) is 46.1 Å². The maximum atomic E-state index is 11.5. The van der Waals surface area contributed by atoms with Gasteiger partial charge in [-0.1, -0.05) is 6.42 Å². The smallest absolute Gasteiger partial charge is 0.335 e. The quantitative estimate of drug-likeness (QED) is 0.444. The predicted molar refractivity (Wildman–Crippen MR) is 74.2 cm³/mol. The van der Waals surface area contributed by atoms with Crippen LogP contribution in [-0.2, 0) is 16.1 Å². The van der Waals surface area contributed by atoms with Gasteiger partial charge in [0.2, 0.25) is 0 Å². The van der Waals surface area contributed by atoms with Crippen LogP contribution in [0.3, 0.4) is 0 Å². The van der Waals surface area contributed by atoms with Crippen LogP contribution < -0.4 is 5.73 Å². The number of carbonyl (C=O) groups is 1. The summed E-state index contributed by atoms with van der Waals surface area (Å²) in [5.41, 5.74) is 6.54. The monoisotopic (exact) mass is 265 g/mol. The molecule has 0 atom stereocenters. The summed E-state index contributed by atoms with van der Waals surface area (Å²) in [7, 11) is 0. The van der Waals surface area contributed by atoms with Crippen LogP contribution in [0.15, 0.2) is 30.0 Å². The molecule has 0 aromatic carbocycles. The van der Waals surface area contributed by atoms with Gasteiger partial charge in [0.15, 0.2) is 0 Å². The first-order chi connectivity index (χ1) is 9.11. The highest BCUT2D eigenvalue weighted by Crippen LogP contribution is 2.05. The van der Waals surface area contributed by atoms with Gasteiger partial charge in [-0.15, -0.1) is 0 Å². The molecular weight excluding hydrogens is 242 g/mol. The second-order valence-corrected chi connectivity index (χ2v) is 4.66. The number of unbranched alkanes of at least 4 members (excludes halogenated alkanes) is 3. The van der Waals surface area contributed by atoms with E-state index in [4.69, 9.17) is 10.5 Å². The molecule has 5 nitrogen and oxygen atoms in total. The molecule has 0 radical (unpaired) electrons. The third-order valence-electron chi connectivity index (χ3n) is 3.00. The van der Waals surface area contributed by atoms with E-state index in [1.54, 1.807) is 20.0 Å². The minimum absolute atomic E-state index is 0.307. The van der Waals surface area contributed by atoms with Crippen molar-refractivity contribution >= 4 is 5.97 Å². The third kappa shape index (κ3) is 6.08. The van der Waals surface area contributed by atoms with E-state index in [-0.39, 0.29) is 5.97 Å². The first kappa shape index (κ1) is 15.3. The van der Waals surface area contributed by atoms with Gasteiger partial charge >= 0.3 is 5.97 Å². The van der Waals surface area contributed by atoms with E-state index in [2.05, 4.69) is 9.55 Å².